The highest BCUT2D eigenvalue weighted by atomic mass is 15.0. The third-order valence-corrected chi connectivity index (χ3v) is 7.83. The number of hydrogen-bond acceptors (Lipinski definition) is 0. The fourth-order valence-electron chi connectivity index (χ4n) is 5.94. The van der Waals surface area contributed by atoms with Gasteiger partial charge in [-0.25, -0.2) is 0 Å². The van der Waals surface area contributed by atoms with Crippen LogP contribution in [0, 0.1) is 0 Å². The maximum absolute atomic E-state index is 4.22. The first-order chi connectivity index (χ1) is 19.7. The van der Waals surface area contributed by atoms with Crippen LogP contribution in [0.3, 0.4) is 0 Å². The van der Waals surface area contributed by atoms with Crippen LogP contribution in [-0.4, -0.2) is 4.57 Å². The summed E-state index contributed by atoms with van der Waals surface area (Å²) in [5.74, 6) is 0. The van der Waals surface area contributed by atoms with Crippen LogP contribution in [0.4, 0.5) is 0 Å². The molecule has 0 saturated carbocycles. The second-order valence-corrected chi connectivity index (χ2v) is 10.2. The van der Waals surface area contributed by atoms with E-state index < -0.39 is 0 Å². The SMILES string of the molecule is C=C(/C=C\C)c1ccc(-c2cc3c(c4ccccc24)c2ccc(-c4ccccc4)cc2n3-c2ccccc2)cc1. The first-order valence-electron chi connectivity index (χ1n) is 13.8. The van der Waals surface area contributed by atoms with Gasteiger partial charge in [0.2, 0.25) is 0 Å². The highest BCUT2D eigenvalue weighted by Crippen LogP contribution is 2.42. The van der Waals surface area contributed by atoms with Crippen molar-refractivity contribution < 1.29 is 0 Å². The smallest absolute Gasteiger partial charge is 0.0553 e. The molecule has 40 heavy (non-hydrogen) atoms. The Labute approximate surface area is 235 Å². The molecule has 0 radical (unpaired) electrons. The van der Waals surface area contributed by atoms with E-state index in [1.54, 1.807) is 0 Å². The van der Waals surface area contributed by atoms with Gasteiger partial charge >= 0.3 is 0 Å². The van der Waals surface area contributed by atoms with Crippen LogP contribution in [-0.2, 0) is 0 Å². The summed E-state index contributed by atoms with van der Waals surface area (Å²) in [6.07, 6.45) is 4.09. The molecule has 6 aromatic carbocycles. The van der Waals surface area contributed by atoms with Gasteiger partial charge in [-0.3, -0.25) is 0 Å². The van der Waals surface area contributed by atoms with Gasteiger partial charge in [-0.2, -0.15) is 0 Å². The molecule has 1 nitrogen and oxygen atoms in total. The Morgan fingerprint density at radius 1 is 0.575 bits per heavy atom. The molecule has 1 heterocycles. The number of allylic oxidation sites excluding steroid dienone is 3. The van der Waals surface area contributed by atoms with Crippen molar-refractivity contribution >= 4 is 38.2 Å². The van der Waals surface area contributed by atoms with Crippen molar-refractivity contribution in [2.45, 2.75) is 6.92 Å². The Bertz CT molecular complexity index is 2040. The summed E-state index contributed by atoms with van der Waals surface area (Å²) in [6.45, 7) is 6.24. The number of hydrogen-bond donors (Lipinski definition) is 0. The van der Waals surface area contributed by atoms with Crippen molar-refractivity contribution in [3.05, 3.63) is 158 Å². The molecule has 0 spiro atoms. The third kappa shape index (κ3) is 3.95. The van der Waals surface area contributed by atoms with Gasteiger partial charge in [-0.1, -0.05) is 128 Å². The summed E-state index contributed by atoms with van der Waals surface area (Å²) in [5.41, 5.74) is 10.6. The lowest BCUT2D eigenvalue weighted by atomic mass is 9.93. The Hall–Kier alpha value is -5.14. The molecule has 0 saturated heterocycles. The van der Waals surface area contributed by atoms with E-state index in [0.29, 0.717) is 0 Å². The van der Waals surface area contributed by atoms with Gasteiger partial charge in [-0.15, -0.1) is 0 Å². The molecule has 0 bridgehead atoms. The fraction of sp³-hybridized carbons (Fsp3) is 0.0256. The highest BCUT2D eigenvalue weighted by molar-refractivity contribution is 6.24. The molecular weight excluding hydrogens is 482 g/mol. The normalized spacial score (nSPS) is 11.6. The van der Waals surface area contributed by atoms with E-state index in [1.165, 1.54) is 54.8 Å². The predicted molar refractivity (Wildman–Crippen MR) is 173 cm³/mol. The van der Waals surface area contributed by atoms with E-state index in [2.05, 4.69) is 151 Å². The molecule has 0 unspecified atom stereocenters. The Morgan fingerprint density at radius 2 is 1.23 bits per heavy atom. The van der Waals surface area contributed by atoms with Crippen molar-refractivity contribution in [2.24, 2.45) is 0 Å². The van der Waals surface area contributed by atoms with Gasteiger partial charge < -0.3 is 4.57 Å². The van der Waals surface area contributed by atoms with Crippen LogP contribution in [0.15, 0.2) is 152 Å². The van der Waals surface area contributed by atoms with E-state index in [9.17, 15) is 0 Å². The Morgan fingerprint density at radius 3 is 1.95 bits per heavy atom. The van der Waals surface area contributed by atoms with E-state index in [0.717, 1.165) is 16.8 Å². The van der Waals surface area contributed by atoms with Crippen LogP contribution in [0.5, 0.6) is 0 Å². The molecule has 1 heteroatoms. The predicted octanol–water partition coefficient (Wildman–Crippen LogP) is 10.9. The monoisotopic (exact) mass is 511 g/mol. The summed E-state index contributed by atoms with van der Waals surface area (Å²) in [7, 11) is 0. The second-order valence-electron chi connectivity index (χ2n) is 10.2. The van der Waals surface area contributed by atoms with Crippen molar-refractivity contribution in [3.63, 3.8) is 0 Å². The van der Waals surface area contributed by atoms with E-state index >= 15 is 0 Å². The lowest BCUT2D eigenvalue weighted by molar-refractivity contribution is 1.18. The zero-order valence-electron chi connectivity index (χ0n) is 22.5. The quantitative estimate of drug-likeness (QED) is 0.203. The molecule has 7 rings (SSSR count). The summed E-state index contributed by atoms with van der Waals surface area (Å²) in [6, 6.07) is 48.2. The number of nitrogens with zero attached hydrogens (tertiary/aromatic N) is 1. The lowest BCUT2D eigenvalue weighted by Crippen LogP contribution is -1.94. The van der Waals surface area contributed by atoms with Gasteiger partial charge in [0.1, 0.15) is 0 Å². The fourth-order valence-corrected chi connectivity index (χ4v) is 5.94. The summed E-state index contributed by atoms with van der Waals surface area (Å²) in [5, 5.41) is 5.08. The molecule has 0 amide bonds. The zero-order valence-corrected chi connectivity index (χ0v) is 22.5. The summed E-state index contributed by atoms with van der Waals surface area (Å²) in [4.78, 5) is 0. The molecule has 0 atom stereocenters. The minimum Gasteiger partial charge on any atom is -0.309 e. The van der Waals surface area contributed by atoms with E-state index in [4.69, 9.17) is 0 Å². The van der Waals surface area contributed by atoms with Crippen LogP contribution in [0.1, 0.15) is 12.5 Å². The van der Waals surface area contributed by atoms with Crippen molar-refractivity contribution in [3.8, 4) is 27.9 Å². The lowest BCUT2D eigenvalue weighted by Gasteiger charge is -2.13. The average molecular weight is 512 g/mol. The number of benzene rings is 6. The van der Waals surface area contributed by atoms with Gasteiger partial charge in [0.15, 0.2) is 0 Å². The molecule has 0 aliphatic carbocycles. The van der Waals surface area contributed by atoms with Gasteiger partial charge in [0.25, 0.3) is 0 Å². The summed E-state index contributed by atoms with van der Waals surface area (Å²) >= 11 is 0. The molecule has 190 valence electrons. The van der Waals surface area contributed by atoms with Gasteiger partial charge in [-0.05, 0) is 75.4 Å². The zero-order chi connectivity index (χ0) is 27.1. The molecule has 0 aliphatic heterocycles. The average Bonchev–Trinajstić information content (AvgIpc) is 3.35. The molecule has 0 fully saturated rings. The first kappa shape index (κ1) is 23.9. The minimum atomic E-state index is 1.02. The van der Waals surface area contributed by atoms with E-state index in [-0.39, 0.29) is 0 Å². The maximum atomic E-state index is 4.22. The first-order valence-corrected chi connectivity index (χ1v) is 13.8. The van der Waals surface area contributed by atoms with Crippen LogP contribution in [0.2, 0.25) is 0 Å². The molecule has 0 N–H and O–H groups in total. The number of fused-ring (bicyclic) bond motifs is 5. The van der Waals surface area contributed by atoms with Crippen molar-refractivity contribution in [2.75, 3.05) is 0 Å². The standard InChI is InChI=1S/C39H29N/c1-3-12-27(2)28-19-21-30(22-20-28)36-26-38-39(34-18-11-10-17-33(34)36)35-24-23-31(29-13-6-4-7-14-29)25-37(35)40(38)32-15-8-5-9-16-32/h3-26H,2H2,1H3/b12-3-. The number of aromatic nitrogens is 1. The van der Waals surface area contributed by atoms with Gasteiger partial charge in [0, 0.05) is 16.5 Å². The molecular formula is C39H29N. The van der Waals surface area contributed by atoms with Gasteiger partial charge in [0.05, 0.1) is 11.0 Å². The van der Waals surface area contributed by atoms with Crippen molar-refractivity contribution in [1.82, 2.24) is 4.57 Å². The largest absolute Gasteiger partial charge is 0.309 e. The van der Waals surface area contributed by atoms with Crippen LogP contribution >= 0.6 is 0 Å². The Kier molecular flexibility index (Phi) is 5.91. The Balaban J connectivity index is 1.56. The summed E-state index contributed by atoms with van der Waals surface area (Å²) < 4.78 is 2.43. The molecule has 0 aliphatic rings. The number of para-hydroxylation sites is 1. The molecule has 1 aromatic heterocycles. The minimum absolute atomic E-state index is 1.02. The maximum Gasteiger partial charge on any atom is 0.0553 e. The topological polar surface area (TPSA) is 4.93 Å². The third-order valence-electron chi connectivity index (χ3n) is 7.83. The van der Waals surface area contributed by atoms with Crippen LogP contribution < -0.4 is 0 Å². The molecule has 7 aromatic rings. The highest BCUT2D eigenvalue weighted by Gasteiger charge is 2.18. The number of rotatable bonds is 5. The van der Waals surface area contributed by atoms with E-state index in [1.807, 2.05) is 13.0 Å². The van der Waals surface area contributed by atoms with Crippen LogP contribution in [0.25, 0.3) is 66.1 Å². The van der Waals surface area contributed by atoms with Crippen molar-refractivity contribution in [1.29, 1.82) is 0 Å². The second kappa shape index (κ2) is 9.87.